The molecular formula is C33H50N2O5. The first-order valence-electron chi connectivity index (χ1n) is 14.7. The van der Waals surface area contributed by atoms with Crippen molar-refractivity contribution in [2.45, 2.75) is 96.6 Å². The number of nitrogens with one attached hydrogen (secondary N) is 2. The van der Waals surface area contributed by atoms with Gasteiger partial charge in [-0.2, -0.15) is 0 Å². The lowest BCUT2D eigenvalue weighted by atomic mass is 9.86. The molecule has 1 saturated carbocycles. The van der Waals surface area contributed by atoms with Gasteiger partial charge in [0, 0.05) is 6.42 Å². The lowest BCUT2D eigenvalue weighted by Crippen LogP contribution is -2.52. The van der Waals surface area contributed by atoms with Crippen LogP contribution >= 0.6 is 0 Å². The van der Waals surface area contributed by atoms with E-state index in [9.17, 15) is 19.5 Å². The molecule has 1 fully saturated rings. The zero-order valence-electron chi connectivity index (χ0n) is 24.8. The largest absolute Gasteiger partial charge is 0.463 e. The fourth-order valence-corrected chi connectivity index (χ4v) is 5.22. The average molecular weight is 555 g/mol. The lowest BCUT2D eigenvalue weighted by molar-refractivity contribution is -0.151. The average Bonchev–Trinajstić information content (AvgIpc) is 3.38. The van der Waals surface area contributed by atoms with Crippen LogP contribution in [-0.4, -0.2) is 47.7 Å². The van der Waals surface area contributed by atoms with E-state index in [0.717, 1.165) is 44.1 Å². The fourth-order valence-electron chi connectivity index (χ4n) is 5.22. The van der Waals surface area contributed by atoms with E-state index in [4.69, 9.17) is 4.74 Å². The van der Waals surface area contributed by atoms with Crippen LogP contribution in [-0.2, 0) is 25.5 Å². The highest BCUT2D eigenvalue weighted by Gasteiger charge is 2.36. The Hall–Kier alpha value is -2.93. The molecule has 0 bridgehead atoms. The molecule has 3 atom stereocenters. The van der Waals surface area contributed by atoms with Gasteiger partial charge in [-0.25, -0.2) is 0 Å². The van der Waals surface area contributed by atoms with E-state index in [1.807, 2.05) is 57.2 Å². The predicted octanol–water partition coefficient (Wildman–Crippen LogP) is 5.28. The van der Waals surface area contributed by atoms with E-state index in [1.165, 1.54) is 0 Å². The van der Waals surface area contributed by atoms with Crippen LogP contribution in [0.5, 0.6) is 0 Å². The Kier molecular flexibility index (Phi) is 13.6. The number of hydrogen-bond acceptors (Lipinski definition) is 5. The second-order valence-corrected chi connectivity index (χ2v) is 12.3. The molecule has 0 saturated heterocycles. The van der Waals surface area contributed by atoms with Crippen molar-refractivity contribution in [3.05, 3.63) is 61.2 Å². The number of carbonyl (C=O) groups excluding carboxylic acids is 3. The van der Waals surface area contributed by atoms with Gasteiger partial charge >= 0.3 is 5.97 Å². The Morgan fingerprint density at radius 1 is 1.07 bits per heavy atom. The Bertz CT molecular complexity index is 963. The third-order valence-electron chi connectivity index (χ3n) is 7.89. The molecule has 0 radical (unpaired) electrons. The number of ether oxygens (including phenoxy) is 1. The van der Waals surface area contributed by atoms with E-state index in [-0.39, 0.29) is 48.8 Å². The van der Waals surface area contributed by atoms with Gasteiger partial charge in [-0.3, -0.25) is 14.4 Å². The molecule has 1 aromatic rings. The van der Waals surface area contributed by atoms with Crippen LogP contribution in [0.3, 0.4) is 0 Å². The molecule has 1 aromatic carbocycles. The van der Waals surface area contributed by atoms with Gasteiger partial charge in [0.2, 0.25) is 11.8 Å². The van der Waals surface area contributed by atoms with Gasteiger partial charge < -0.3 is 20.5 Å². The van der Waals surface area contributed by atoms with Crippen molar-refractivity contribution in [3.63, 3.8) is 0 Å². The van der Waals surface area contributed by atoms with E-state index >= 15 is 0 Å². The van der Waals surface area contributed by atoms with E-state index < -0.39 is 17.5 Å². The summed E-state index contributed by atoms with van der Waals surface area (Å²) >= 11 is 0. The minimum atomic E-state index is -0.611. The molecule has 40 heavy (non-hydrogen) atoms. The number of aliphatic hydroxyl groups is 1. The van der Waals surface area contributed by atoms with Gasteiger partial charge in [0.05, 0.1) is 30.0 Å². The van der Waals surface area contributed by atoms with Gasteiger partial charge in [-0.15, -0.1) is 13.2 Å². The summed E-state index contributed by atoms with van der Waals surface area (Å²) in [5.41, 5.74) is 0.102. The van der Waals surface area contributed by atoms with Gasteiger partial charge in [0.1, 0.15) is 6.61 Å². The number of amides is 2. The van der Waals surface area contributed by atoms with Gasteiger partial charge in [-0.05, 0) is 55.9 Å². The van der Waals surface area contributed by atoms with Crippen molar-refractivity contribution >= 4 is 17.8 Å². The predicted molar refractivity (Wildman–Crippen MR) is 159 cm³/mol. The molecule has 222 valence electrons. The molecule has 3 N–H and O–H groups in total. The summed E-state index contributed by atoms with van der Waals surface area (Å²) in [6.07, 6.45) is 10.2. The van der Waals surface area contributed by atoms with Gasteiger partial charge in [-0.1, -0.05) is 76.1 Å². The van der Waals surface area contributed by atoms with Crippen molar-refractivity contribution in [1.29, 1.82) is 0 Å². The monoisotopic (exact) mass is 554 g/mol. The topological polar surface area (TPSA) is 105 Å². The van der Waals surface area contributed by atoms with Crippen molar-refractivity contribution in [2.75, 3.05) is 13.2 Å². The number of hydrogen-bond donors (Lipinski definition) is 3. The first-order valence-corrected chi connectivity index (χ1v) is 14.7. The summed E-state index contributed by atoms with van der Waals surface area (Å²) < 4.78 is 5.83. The molecule has 0 aliphatic heterocycles. The summed E-state index contributed by atoms with van der Waals surface area (Å²) in [5.74, 6) is -1.70. The minimum Gasteiger partial charge on any atom is -0.463 e. The van der Waals surface area contributed by atoms with Crippen LogP contribution in [0, 0.1) is 17.3 Å². The number of benzene rings is 1. The summed E-state index contributed by atoms with van der Waals surface area (Å²) in [6.45, 7) is 13.4. The minimum absolute atomic E-state index is 0.00128. The molecule has 1 aliphatic carbocycles. The molecule has 2 amide bonds. The first kappa shape index (κ1) is 33.3. The van der Waals surface area contributed by atoms with Crippen LogP contribution in [0.15, 0.2) is 55.6 Å². The van der Waals surface area contributed by atoms with E-state index in [2.05, 4.69) is 23.8 Å². The number of carbonyl (C=O) groups is 3. The molecule has 0 heterocycles. The normalized spacial score (nSPS) is 16.8. The smallest absolute Gasteiger partial charge is 0.309 e. The zero-order chi connectivity index (χ0) is 29.6. The van der Waals surface area contributed by atoms with Crippen LogP contribution < -0.4 is 10.6 Å². The standard InChI is InChI=1S/C33H50N2O5/c1-6-8-10-18-27(21-25-16-11-9-12-17-25)31(39)40-23-28(32(3,4)5)34-30(38)26(15-7-2)22-29(37)35-33(24-36)19-13-14-20-33/h6-7,9,11-12,16-17,26-28,36H,1-2,8,10,13-15,18-24H2,3-5H3,(H,34,38)(H,35,37)/t26-,27+,28+/m0/s1. The maximum absolute atomic E-state index is 13.4. The summed E-state index contributed by atoms with van der Waals surface area (Å²) in [4.78, 5) is 39.5. The highest BCUT2D eigenvalue weighted by atomic mass is 16.5. The van der Waals surface area contributed by atoms with Crippen molar-refractivity contribution < 1.29 is 24.2 Å². The highest BCUT2D eigenvalue weighted by molar-refractivity contribution is 5.86. The molecule has 2 rings (SSSR count). The summed E-state index contributed by atoms with van der Waals surface area (Å²) in [6, 6.07) is 9.46. The van der Waals surface area contributed by atoms with Crippen LogP contribution in [0.2, 0.25) is 0 Å². The fraction of sp³-hybridized carbons (Fsp3) is 0.606. The number of rotatable bonds is 17. The zero-order valence-corrected chi connectivity index (χ0v) is 24.8. The summed E-state index contributed by atoms with van der Waals surface area (Å²) in [7, 11) is 0. The maximum Gasteiger partial charge on any atom is 0.309 e. The van der Waals surface area contributed by atoms with E-state index in [0.29, 0.717) is 19.3 Å². The van der Waals surface area contributed by atoms with Crippen LogP contribution in [0.4, 0.5) is 0 Å². The third-order valence-corrected chi connectivity index (χ3v) is 7.89. The summed E-state index contributed by atoms with van der Waals surface area (Å²) in [5, 5.41) is 15.9. The molecule has 0 unspecified atom stereocenters. The molecule has 0 spiro atoms. The quantitative estimate of drug-likeness (QED) is 0.138. The van der Waals surface area contributed by atoms with Crippen LogP contribution in [0.1, 0.15) is 84.1 Å². The first-order chi connectivity index (χ1) is 19.0. The maximum atomic E-state index is 13.4. The van der Waals surface area contributed by atoms with Gasteiger partial charge in [0.15, 0.2) is 0 Å². The van der Waals surface area contributed by atoms with Crippen molar-refractivity contribution in [2.24, 2.45) is 17.3 Å². The van der Waals surface area contributed by atoms with E-state index in [1.54, 1.807) is 6.08 Å². The molecule has 0 aromatic heterocycles. The molecule has 1 aliphatic rings. The van der Waals surface area contributed by atoms with Crippen LogP contribution in [0.25, 0.3) is 0 Å². The second-order valence-electron chi connectivity index (χ2n) is 12.3. The van der Waals surface area contributed by atoms with Crippen molar-refractivity contribution in [1.82, 2.24) is 10.6 Å². The highest BCUT2D eigenvalue weighted by Crippen LogP contribution is 2.29. The number of aliphatic hydroxyl groups excluding tert-OH is 1. The van der Waals surface area contributed by atoms with Gasteiger partial charge in [0.25, 0.3) is 0 Å². The second kappa shape index (κ2) is 16.4. The Morgan fingerprint density at radius 3 is 2.33 bits per heavy atom. The molecule has 7 heteroatoms. The number of allylic oxidation sites excluding steroid dienone is 2. The lowest BCUT2D eigenvalue weighted by Gasteiger charge is -2.33. The number of esters is 1. The SMILES string of the molecule is C=CCCC[C@H](Cc1ccccc1)C(=O)OC[C@@H](NC(=O)[C@@H](CC=C)CC(=O)NC1(CO)CCCC1)C(C)(C)C. The Labute approximate surface area is 240 Å². The number of unbranched alkanes of at least 4 members (excludes halogenated alkanes) is 1. The Balaban J connectivity index is 2.04. The molecule has 7 nitrogen and oxygen atoms in total. The molecular weight excluding hydrogens is 504 g/mol. The Morgan fingerprint density at radius 2 is 1.75 bits per heavy atom. The van der Waals surface area contributed by atoms with Crippen molar-refractivity contribution in [3.8, 4) is 0 Å². The third kappa shape index (κ3) is 10.9.